The van der Waals surface area contributed by atoms with Crippen LogP contribution in [0.2, 0.25) is 0 Å². The molecule has 1 aromatic heterocycles. The minimum Gasteiger partial charge on any atom is -0.452 e. The molecule has 2 aliphatic rings. The number of nitrogens with zero attached hydrogens (tertiary/aromatic N) is 3. The number of benzene rings is 1. The molecule has 1 N–H and O–H groups in total. The Kier molecular flexibility index (Phi) is 8.36. The van der Waals surface area contributed by atoms with E-state index in [-0.39, 0.29) is 18.1 Å². The van der Waals surface area contributed by atoms with Gasteiger partial charge in [0.1, 0.15) is 0 Å². The van der Waals surface area contributed by atoms with Crippen molar-refractivity contribution in [3.8, 4) is 5.69 Å². The Hall–Kier alpha value is -2.97. The van der Waals surface area contributed by atoms with E-state index in [0.717, 1.165) is 61.8 Å². The number of hydrogen-bond acceptors (Lipinski definition) is 6. The number of amides is 1. The Morgan fingerprint density at radius 2 is 1.83 bits per heavy atom. The molecule has 188 valence electrons. The van der Waals surface area contributed by atoms with Gasteiger partial charge >= 0.3 is 5.97 Å². The van der Waals surface area contributed by atoms with Gasteiger partial charge in [-0.05, 0) is 44.9 Å². The molecule has 2 aromatic rings. The molecule has 8 heteroatoms. The van der Waals surface area contributed by atoms with Crippen LogP contribution in [0.5, 0.6) is 0 Å². The molecule has 1 aliphatic carbocycles. The molecular formula is C27H36N4O4. The second-order valence-corrected chi connectivity index (χ2v) is 9.43. The van der Waals surface area contributed by atoms with Gasteiger partial charge in [0.05, 0.1) is 24.6 Å². The van der Waals surface area contributed by atoms with E-state index >= 15 is 0 Å². The molecular weight excluding hydrogens is 444 g/mol. The van der Waals surface area contributed by atoms with E-state index in [0.29, 0.717) is 6.54 Å². The molecule has 1 aromatic carbocycles. The fourth-order valence-corrected chi connectivity index (χ4v) is 5.22. The summed E-state index contributed by atoms with van der Waals surface area (Å²) in [6.07, 6.45) is 8.80. The lowest BCUT2D eigenvalue weighted by Crippen LogP contribution is -2.59. The molecule has 1 aliphatic heterocycles. The van der Waals surface area contributed by atoms with Crippen LogP contribution in [-0.4, -0.2) is 71.6 Å². The third-order valence-electron chi connectivity index (χ3n) is 7.16. The van der Waals surface area contributed by atoms with Crippen LogP contribution < -0.4 is 5.32 Å². The van der Waals surface area contributed by atoms with Crippen LogP contribution in [0.15, 0.2) is 36.4 Å². The Morgan fingerprint density at radius 1 is 1.11 bits per heavy atom. The Labute approximate surface area is 207 Å². The second kappa shape index (κ2) is 11.6. The summed E-state index contributed by atoms with van der Waals surface area (Å²) in [5.74, 6) is -0.818. The zero-order valence-electron chi connectivity index (χ0n) is 20.8. The molecule has 4 rings (SSSR count). The number of ether oxygens (including phenoxy) is 2. The highest BCUT2D eigenvalue weighted by molar-refractivity contribution is 5.89. The van der Waals surface area contributed by atoms with Gasteiger partial charge in [0.25, 0.3) is 5.91 Å². The summed E-state index contributed by atoms with van der Waals surface area (Å²) in [5.41, 5.74) is 3.54. The van der Waals surface area contributed by atoms with Gasteiger partial charge in [0, 0.05) is 42.5 Å². The number of esters is 1. The number of morpholine rings is 1. The number of aryl methyl sites for hydroxylation is 1. The maximum Gasteiger partial charge on any atom is 0.331 e. The first-order chi connectivity index (χ1) is 17.0. The van der Waals surface area contributed by atoms with E-state index in [9.17, 15) is 9.59 Å². The molecule has 1 amide bonds. The number of rotatable bonds is 8. The normalized spacial score (nSPS) is 18.5. The molecule has 0 unspecified atom stereocenters. The lowest BCUT2D eigenvalue weighted by Gasteiger charge is -2.48. The van der Waals surface area contributed by atoms with E-state index in [1.807, 2.05) is 48.9 Å². The van der Waals surface area contributed by atoms with Crippen LogP contribution in [0.3, 0.4) is 0 Å². The summed E-state index contributed by atoms with van der Waals surface area (Å²) in [4.78, 5) is 27.3. The molecule has 1 saturated carbocycles. The third-order valence-corrected chi connectivity index (χ3v) is 7.16. The van der Waals surface area contributed by atoms with Crippen LogP contribution in [0.25, 0.3) is 11.8 Å². The van der Waals surface area contributed by atoms with Gasteiger partial charge in [-0.3, -0.25) is 9.69 Å². The fourth-order valence-electron chi connectivity index (χ4n) is 5.22. The molecule has 2 heterocycles. The van der Waals surface area contributed by atoms with Crippen molar-refractivity contribution in [2.75, 3.05) is 39.5 Å². The van der Waals surface area contributed by atoms with Crippen molar-refractivity contribution in [2.24, 2.45) is 0 Å². The Balaban J connectivity index is 1.29. The highest BCUT2D eigenvalue weighted by Crippen LogP contribution is 2.33. The van der Waals surface area contributed by atoms with Crippen molar-refractivity contribution in [3.05, 3.63) is 53.4 Å². The first kappa shape index (κ1) is 25.1. The van der Waals surface area contributed by atoms with Gasteiger partial charge < -0.3 is 14.8 Å². The maximum atomic E-state index is 12.5. The largest absolute Gasteiger partial charge is 0.452 e. The molecule has 0 atom stereocenters. The summed E-state index contributed by atoms with van der Waals surface area (Å²) < 4.78 is 12.6. The van der Waals surface area contributed by atoms with Gasteiger partial charge in [-0.25, -0.2) is 9.48 Å². The van der Waals surface area contributed by atoms with Crippen molar-refractivity contribution in [1.82, 2.24) is 20.0 Å². The molecule has 8 nitrogen and oxygen atoms in total. The van der Waals surface area contributed by atoms with E-state index in [4.69, 9.17) is 9.47 Å². The molecule has 0 spiro atoms. The first-order valence-corrected chi connectivity index (χ1v) is 12.5. The zero-order chi connectivity index (χ0) is 24.7. The minimum atomic E-state index is -0.549. The van der Waals surface area contributed by atoms with Crippen molar-refractivity contribution in [3.63, 3.8) is 0 Å². The molecule has 0 radical (unpaired) electrons. The van der Waals surface area contributed by atoms with Gasteiger partial charge in [0.2, 0.25) is 0 Å². The number of carbonyl (C=O) groups is 2. The monoisotopic (exact) mass is 480 g/mol. The standard InChI is InChI=1S/C27H36N4O4/c1-21-24(22(2)31(29-21)23-9-5-3-6-10-23)11-12-26(33)35-19-25(32)28-20-27(13-7-4-8-14-27)30-15-17-34-18-16-30/h3,5-6,9-12H,4,7-8,13-20H2,1-2H3,(H,28,32)/b12-11+. The van der Waals surface area contributed by atoms with E-state index in [1.165, 1.54) is 25.3 Å². The predicted octanol–water partition coefficient (Wildman–Crippen LogP) is 3.20. The van der Waals surface area contributed by atoms with Crippen LogP contribution in [0.1, 0.15) is 49.1 Å². The van der Waals surface area contributed by atoms with Crippen LogP contribution >= 0.6 is 0 Å². The van der Waals surface area contributed by atoms with Crippen molar-refractivity contribution in [2.45, 2.75) is 51.5 Å². The van der Waals surface area contributed by atoms with Crippen LogP contribution in [0, 0.1) is 13.8 Å². The molecule has 1 saturated heterocycles. The van der Waals surface area contributed by atoms with Crippen molar-refractivity contribution >= 4 is 18.0 Å². The minimum absolute atomic E-state index is 0.0183. The maximum absolute atomic E-state index is 12.5. The smallest absolute Gasteiger partial charge is 0.331 e. The second-order valence-electron chi connectivity index (χ2n) is 9.43. The number of aromatic nitrogens is 2. The summed E-state index contributed by atoms with van der Waals surface area (Å²) in [6, 6.07) is 9.84. The highest BCUT2D eigenvalue weighted by atomic mass is 16.5. The van der Waals surface area contributed by atoms with Crippen LogP contribution in [0.4, 0.5) is 0 Å². The van der Waals surface area contributed by atoms with Gasteiger partial charge in [-0.2, -0.15) is 5.10 Å². The fraction of sp³-hybridized carbons (Fsp3) is 0.519. The lowest BCUT2D eigenvalue weighted by molar-refractivity contribution is -0.144. The van der Waals surface area contributed by atoms with Gasteiger partial charge in [-0.1, -0.05) is 37.5 Å². The average Bonchev–Trinajstić information content (AvgIpc) is 3.19. The number of para-hydroxylation sites is 1. The van der Waals surface area contributed by atoms with Gasteiger partial charge in [0.15, 0.2) is 6.61 Å². The first-order valence-electron chi connectivity index (χ1n) is 12.5. The van der Waals surface area contributed by atoms with Crippen molar-refractivity contribution < 1.29 is 19.1 Å². The average molecular weight is 481 g/mol. The third kappa shape index (κ3) is 6.18. The molecule has 0 bridgehead atoms. The predicted molar refractivity (Wildman–Crippen MR) is 134 cm³/mol. The van der Waals surface area contributed by atoms with E-state index < -0.39 is 5.97 Å². The number of carbonyl (C=O) groups excluding carboxylic acids is 2. The highest BCUT2D eigenvalue weighted by Gasteiger charge is 2.38. The number of hydrogen-bond donors (Lipinski definition) is 1. The SMILES string of the molecule is Cc1nn(-c2ccccc2)c(C)c1/C=C/C(=O)OCC(=O)NCC1(N2CCOCC2)CCCCC1. The summed E-state index contributed by atoms with van der Waals surface area (Å²) in [7, 11) is 0. The Morgan fingerprint density at radius 3 is 2.54 bits per heavy atom. The van der Waals surface area contributed by atoms with Gasteiger partial charge in [-0.15, -0.1) is 0 Å². The summed E-state index contributed by atoms with van der Waals surface area (Å²) in [6.45, 7) is 7.43. The molecule has 2 fully saturated rings. The molecule has 35 heavy (non-hydrogen) atoms. The summed E-state index contributed by atoms with van der Waals surface area (Å²) >= 11 is 0. The summed E-state index contributed by atoms with van der Waals surface area (Å²) in [5, 5.41) is 7.61. The number of nitrogens with one attached hydrogen (secondary N) is 1. The lowest BCUT2D eigenvalue weighted by atomic mass is 9.79. The quantitative estimate of drug-likeness (QED) is 0.461. The van der Waals surface area contributed by atoms with Crippen LogP contribution in [-0.2, 0) is 19.1 Å². The Bertz CT molecular complexity index is 1030. The van der Waals surface area contributed by atoms with E-state index in [2.05, 4.69) is 15.3 Å². The van der Waals surface area contributed by atoms with E-state index in [1.54, 1.807) is 6.08 Å². The zero-order valence-corrected chi connectivity index (χ0v) is 20.8. The van der Waals surface area contributed by atoms with Crippen molar-refractivity contribution in [1.29, 1.82) is 0 Å². The topological polar surface area (TPSA) is 85.7 Å².